The van der Waals surface area contributed by atoms with E-state index in [0.29, 0.717) is 25.2 Å². The Labute approximate surface area is 184 Å². The van der Waals surface area contributed by atoms with Gasteiger partial charge in [-0.1, -0.05) is 30.3 Å². The van der Waals surface area contributed by atoms with E-state index in [1.807, 2.05) is 67.9 Å². The molecule has 1 aromatic heterocycles. The number of aromatic nitrogens is 1. The molecule has 1 saturated heterocycles. The SMILES string of the molecule is CC(C)(C)OC(=O)N1CCC(n2cccc2C(=O)NCC(O)Cc2ccccc2)CC1. The van der Waals surface area contributed by atoms with Crippen molar-refractivity contribution in [3.05, 3.63) is 59.9 Å². The van der Waals surface area contributed by atoms with E-state index in [2.05, 4.69) is 5.32 Å². The van der Waals surface area contributed by atoms with Crippen molar-refractivity contribution in [3.8, 4) is 0 Å². The normalized spacial score (nSPS) is 16.1. The number of carbonyl (C=O) groups is 2. The second-order valence-electron chi connectivity index (χ2n) is 9.05. The van der Waals surface area contributed by atoms with Gasteiger partial charge in [-0.05, 0) is 51.3 Å². The summed E-state index contributed by atoms with van der Waals surface area (Å²) in [5, 5.41) is 13.1. The molecule has 1 unspecified atom stereocenters. The smallest absolute Gasteiger partial charge is 0.410 e. The monoisotopic (exact) mass is 427 g/mol. The number of hydrogen-bond donors (Lipinski definition) is 2. The molecule has 7 nitrogen and oxygen atoms in total. The fraction of sp³-hybridized carbons (Fsp3) is 0.500. The summed E-state index contributed by atoms with van der Waals surface area (Å²) < 4.78 is 7.43. The van der Waals surface area contributed by atoms with Crippen LogP contribution in [0.25, 0.3) is 0 Å². The van der Waals surface area contributed by atoms with Gasteiger partial charge in [-0.15, -0.1) is 0 Å². The van der Waals surface area contributed by atoms with E-state index in [1.165, 1.54) is 0 Å². The average Bonchev–Trinajstić information content (AvgIpc) is 3.21. The lowest BCUT2D eigenvalue weighted by Crippen LogP contribution is -2.42. The Morgan fingerprint density at radius 1 is 1.13 bits per heavy atom. The number of amides is 2. The number of benzene rings is 1. The maximum atomic E-state index is 12.7. The topological polar surface area (TPSA) is 83.8 Å². The van der Waals surface area contributed by atoms with Gasteiger partial charge in [0.2, 0.25) is 0 Å². The van der Waals surface area contributed by atoms with Gasteiger partial charge in [-0.25, -0.2) is 4.79 Å². The van der Waals surface area contributed by atoms with Gasteiger partial charge >= 0.3 is 6.09 Å². The molecule has 168 valence electrons. The molecule has 0 spiro atoms. The molecular weight excluding hydrogens is 394 g/mol. The fourth-order valence-electron chi connectivity index (χ4n) is 3.82. The van der Waals surface area contributed by atoms with Crippen molar-refractivity contribution in [2.24, 2.45) is 0 Å². The summed E-state index contributed by atoms with van der Waals surface area (Å²) >= 11 is 0. The lowest BCUT2D eigenvalue weighted by atomic mass is 10.0. The van der Waals surface area contributed by atoms with E-state index in [4.69, 9.17) is 4.74 Å². The minimum absolute atomic E-state index is 0.142. The summed E-state index contributed by atoms with van der Waals surface area (Å²) in [6, 6.07) is 13.5. The highest BCUT2D eigenvalue weighted by molar-refractivity contribution is 5.92. The number of carbonyl (C=O) groups excluding carboxylic acids is 2. The summed E-state index contributed by atoms with van der Waals surface area (Å²) in [5.41, 5.74) is 1.09. The van der Waals surface area contributed by atoms with Crippen LogP contribution in [0.2, 0.25) is 0 Å². The minimum Gasteiger partial charge on any atom is -0.444 e. The summed E-state index contributed by atoms with van der Waals surface area (Å²) in [6.07, 6.45) is 2.97. The number of nitrogens with zero attached hydrogens (tertiary/aromatic N) is 2. The molecule has 2 N–H and O–H groups in total. The van der Waals surface area contributed by atoms with E-state index in [0.717, 1.165) is 18.4 Å². The van der Waals surface area contributed by atoms with E-state index < -0.39 is 11.7 Å². The van der Waals surface area contributed by atoms with Crippen molar-refractivity contribution in [1.29, 1.82) is 0 Å². The Balaban J connectivity index is 1.51. The number of nitrogens with one attached hydrogen (secondary N) is 1. The zero-order valence-corrected chi connectivity index (χ0v) is 18.6. The second-order valence-corrected chi connectivity index (χ2v) is 9.05. The van der Waals surface area contributed by atoms with Crippen LogP contribution in [0.3, 0.4) is 0 Å². The molecule has 0 bridgehead atoms. The molecule has 0 aliphatic carbocycles. The molecule has 2 amide bonds. The zero-order valence-electron chi connectivity index (χ0n) is 18.6. The van der Waals surface area contributed by atoms with Crippen LogP contribution in [-0.2, 0) is 11.2 Å². The van der Waals surface area contributed by atoms with Crippen LogP contribution in [0.4, 0.5) is 4.79 Å². The van der Waals surface area contributed by atoms with Crippen LogP contribution in [0, 0.1) is 0 Å². The van der Waals surface area contributed by atoms with Gasteiger partial charge in [0.25, 0.3) is 5.91 Å². The predicted octanol–water partition coefficient (Wildman–Crippen LogP) is 3.39. The van der Waals surface area contributed by atoms with Crippen molar-refractivity contribution >= 4 is 12.0 Å². The van der Waals surface area contributed by atoms with Crippen molar-refractivity contribution in [1.82, 2.24) is 14.8 Å². The first-order valence-electron chi connectivity index (χ1n) is 10.9. The number of aliphatic hydroxyl groups excluding tert-OH is 1. The number of rotatable bonds is 6. The van der Waals surface area contributed by atoms with E-state index in [9.17, 15) is 14.7 Å². The largest absolute Gasteiger partial charge is 0.444 e. The van der Waals surface area contributed by atoms with Gasteiger partial charge < -0.3 is 24.6 Å². The second kappa shape index (κ2) is 10.0. The molecule has 7 heteroatoms. The Morgan fingerprint density at radius 3 is 2.45 bits per heavy atom. The van der Waals surface area contributed by atoms with Crippen molar-refractivity contribution in [2.45, 2.75) is 57.8 Å². The van der Waals surface area contributed by atoms with Crippen molar-refractivity contribution < 1.29 is 19.4 Å². The molecule has 2 aromatic rings. The van der Waals surface area contributed by atoms with Crippen LogP contribution >= 0.6 is 0 Å². The highest BCUT2D eigenvalue weighted by Gasteiger charge is 2.28. The van der Waals surface area contributed by atoms with Crippen LogP contribution in [-0.4, -0.2) is 57.9 Å². The summed E-state index contributed by atoms with van der Waals surface area (Å²) in [7, 11) is 0. The Morgan fingerprint density at radius 2 is 1.81 bits per heavy atom. The first-order valence-corrected chi connectivity index (χ1v) is 10.9. The molecule has 1 aromatic carbocycles. The van der Waals surface area contributed by atoms with Crippen LogP contribution < -0.4 is 5.32 Å². The lowest BCUT2D eigenvalue weighted by Gasteiger charge is -2.34. The van der Waals surface area contributed by atoms with Gasteiger partial charge in [0, 0.05) is 38.3 Å². The quantitative estimate of drug-likeness (QED) is 0.740. The number of ether oxygens (including phenoxy) is 1. The van der Waals surface area contributed by atoms with Gasteiger partial charge in [-0.2, -0.15) is 0 Å². The van der Waals surface area contributed by atoms with Crippen molar-refractivity contribution in [3.63, 3.8) is 0 Å². The van der Waals surface area contributed by atoms with Crippen molar-refractivity contribution in [2.75, 3.05) is 19.6 Å². The number of hydrogen-bond acceptors (Lipinski definition) is 4. The van der Waals surface area contributed by atoms with Gasteiger partial charge in [0.15, 0.2) is 0 Å². The summed E-state index contributed by atoms with van der Waals surface area (Å²) in [6.45, 7) is 6.96. The van der Waals surface area contributed by atoms with E-state index >= 15 is 0 Å². The van der Waals surface area contributed by atoms with Gasteiger partial charge in [0.1, 0.15) is 11.3 Å². The van der Waals surface area contributed by atoms with Crippen LogP contribution in [0.15, 0.2) is 48.7 Å². The Hall–Kier alpha value is -2.80. The third-order valence-corrected chi connectivity index (χ3v) is 5.33. The molecule has 2 heterocycles. The zero-order chi connectivity index (χ0) is 22.4. The highest BCUT2D eigenvalue weighted by Crippen LogP contribution is 2.25. The summed E-state index contributed by atoms with van der Waals surface area (Å²) in [5.74, 6) is -0.202. The third-order valence-electron chi connectivity index (χ3n) is 5.33. The van der Waals surface area contributed by atoms with Crippen LogP contribution in [0.5, 0.6) is 0 Å². The minimum atomic E-state index is -0.646. The van der Waals surface area contributed by atoms with E-state index in [-0.39, 0.29) is 24.6 Å². The van der Waals surface area contributed by atoms with Crippen LogP contribution in [0.1, 0.15) is 55.7 Å². The average molecular weight is 428 g/mol. The molecule has 31 heavy (non-hydrogen) atoms. The number of piperidine rings is 1. The van der Waals surface area contributed by atoms with E-state index in [1.54, 1.807) is 11.0 Å². The number of aliphatic hydroxyl groups is 1. The van der Waals surface area contributed by atoms with Gasteiger partial charge in [-0.3, -0.25) is 4.79 Å². The number of likely N-dealkylation sites (tertiary alicyclic amines) is 1. The summed E-state index contributed by atoms with van der Waals surface area (Å²) in [4.78, 5) is 26.7. The standard InChI is InChI=1S/C24H33N3O4/c1-24(2,3)31-23(30)26-14-11-19(12-15-26)27-13-7-10-21(27)22(29)25-17-20(28)16-18-8-5-4-6-9-18/h4-10,13,19-20,28H,11-12,14-17H2,1-3H3,(H,25,29). The van der Waals surface area contributed by atoms with Gasteiger partial charge in [0.05, 0.1) is 6.10 Å². The molecule has 1 fully saturated rings. The predicted molar refractivity (Wildman–Crippen MR) is 119 cm³/mol. The highest BCUT2D eigenvalue weighted by atomic mass is 16.6. The molecule has 1 atom stereocenters. The lowest BCUT2D eigenvalue weighted by molar-refractivity contribution is 0.0187. The molecule has 0 radical (unpaired) electrons. The molecule has 1 aliphatic heterocycles. The molecule has 1 aliphatic rings. The first kappa shape index (κ1) is 22.9. The maximum Gasteiger partial charge on any atom is 0.410 e. The Bertz CT molecular complexity index is 864. The first-order chi connectivity index (χ1) is 14.7. The maximum absolute atomic E-state index is 12.7. The molecular formula is C24H33N3O4. The molecule has 3 rings (SSSR count). The Kier molecular flexibility index (Phi) is 7.38. The molecule has 0 saturated carbocycles. The fourth-order valence-corrected chi connectivity index (χ4v) is 3.82. The third kappa shape index (κ3) is 6.59.